The predicted octanol–water partition coefficient (Wildman–Crippen LogP) is 4.95. The molecular formula is C22H21N5OS2. The number of nitrogens with zero attached hydrogens (tertiary/aromatic N) is 4. The molecule has 0 fully saturated rings. The molecule has 0 atom stereocenters. The molecule has 1 amide bonds. The zero-order valence-electron chi connectivity index (χ0n) is 16.9. The molecule has 4 rings (SSSR count). The van der Waals surface area contributed by atoms with Gasteiger partial charge in [0.2, 0.25) is 5.91 Å². The Hall–Kier alpha value is -2.97. The second-order valence-electron chi connectivity index (χ2n) is 6.86. The summed E-state index contributed by atoms with van der Waals surface area (Å²) >= 11 is 2.83. The lowest BCUT2D eigenvalue weighted by molar-refractivity contribution is -0.113. The number of carbonyl (C=O) groups excluding carboxylic acids is 1. The van der Waals surface area contributed by atoms with Gasteiger partial charge in [0, 0.05) is 23.1 Å². The van der Waals surface area contributed by atoms with Gasteiger partial charge in [-0.15, -0.1) is 21.5 Å². The first-order valence-corrected chi connectivity index (χ1v) is 11.2. The Balaban J connectivity index is 1.40. The van der Waals surface area contributed by atoms with Crippen molar-refractivity contribution in [2.45, 2.75) is 19.0 Å². The third-order valence-corrected chi connectivity index (χ3v) is 6.47. The number of anilines is 1. The van der Waals surface area contributed by atoms with Gasteiger partial charge in [-0.25, -0.2) is 4.98 Å². The molecule has 0 aliphatic heterocycles. The van der Waals surface area contributed by atoms with E-state index in [2.05, 4.69) is 20.5 Å². The van der Waals surface area contributed by atoms with Crippen LogP contribution in [0.15, 0.2) is 59.8 Å². The fraction of sp³-hybridized carbons (Fsp3) is 0.182. The summed E-state index contributed by atoms with van der Waals surface area (Å²) < 4.78 is 1.91. The molecule has 2 aromatic carbocycles. The number of hydrogen-bond donors (Lipinski definition) is 1. The standard InChI is InChI=1S/C22H21N5OS2/c1-14-9-11-17(12-10-14)20-25-26-22(27(20)3)29-13-18(28)23-21-24-19(15(2)30-21)16-7-5-4-6-8-16/h4-12H,13H2,1-3H3,(H,23,24,28). The Morgan fingerprint density at radius 3 is 2.50 bits per heavy atom. The fourth-order valence-corrected chi connectivity index (χ4v) is 4.56. The van der Waals surface area contributed by atoms with Crippen molar-refractivity contribution in [2.24, 2.45) is 7.05 Å². The molecule has 0 spiro atoms. The van der Waals surface area contributed by atoms with Gasteiger partial charge in [0.25, 0.3) is 0 Å². The molecule has 1 N–H and O–H groups in total. The van der Waals surface area contributed by atoms with Crippen molar-refractivity contribution in [3.63, 3.8) is 0 Å². The van der Waals surface area contributed by atoms with Gasteiger partial charge in [-0.2, -0.15) is 0 Å². The van der Waals surface area contributed by atoms with Crippen LogP contribution in [0, 0.1) is 13.8 Å². The highest BCUT2D eigenvalue weighted by atomic mass is 32.2. The Kier molecular flexibility index (Phi) is 5.96. The maximum absolute atomic E-state index is 12.4. The van der Waals surface area contributed by atoms with Crippen molar-refractivity contribution in [1.82, 2.24) is 19.7 Å². The van der Waals surface area contributed by atoms with Crippen molar-refractivity contribution in [1.29, 1.82) is 0 Å². The Morgan fingerprint density at radius 2 is 1.77 bits per heavy atom. The number of aromatic nitrogens is 4. The van der Waals surface area contributed by atoms with Crippen LogP contribution in [0.4, 0.5) is 5.13 Å². The lowest BCUT2D eigenvalue weighted by Crippen LogP contribution is -2.14. The molecule has 4 aromatic rings. The van der Waals surface area contributed by atoms with Gasteiger partial charge < -0.3 is 9.88 Å². The molecule has 0 saturated heterocycles. The summed E-state index contributed by atoms with van der Waals surface area (Å²) in [5.74, 6) is 0.897. The minimum absolute atomic E-state index is 0.117. The lowest BCUT2D eigenvalue weighted by atomic mass is 10.1. The number of rotatable bonds is 6. The lowest BCUT2D eigenvalue weighted by Gasteiger charge is -2.04. The second kappa shape index (κ2) is 8.81. The van der Waals surface area contributed by atoms with E-state index in [1.165, 1.54) is 28.7 Å². The monoisotopic (exact) mass is 435 g/mol. The molecule has 30 heavy (non-hydrogen) atoms. The average molecular weight is 436 g/mol. The van der Waals surface area contributed by atoms with E-state index in [0.29, 0.717) is 10.3 Å². The highest BCUT2D eigenvalue weighted by Gasteiger charge is 2.15. The molecule has 0 aliphatic rings. The Morgan fingerprint density at radius 1 is 1.03 bits per heavy atom. The molecule has 0 saturated carbocycles. The topological polar surface area (TPSA) is 72.7 Å². The number of thiazole rings is 1. The summed E-state index contributed by atoms with van der Waals surface area (Å²) in [5, 5.41) is 12.7. The average Bonchev–Trinajstić information content (AvgIpc) is 3.30. The number of carbonyl (C=O) groups is 1. The SMILES string of the molecule is Cc1ccc(-c2nnc(SCC(=O)Nc3nc(-c4ccccc4)c(C)s3)n2C)cc1. The molecule has 0 radical (unpaired) electrons. The quantitative estimate of drug-likeness (QED) is 0.434. The van der Waals surface area contributed by atoms with Crippen LogP contribution < -0.4 is 5.32 Å². The maximum atomic E-state index is 12.4. The number of hydrogen-bond acceptors (Lipinski definition) is 6. The van der Waals surface area contributed by atoms with E-state index in [1.807, 2.05) is 80.1 Å². The molecule has 2 aromatic heterocycles. The van der Waals surface area contributed by atoms with Gasteiger partial charge in [0.05, 0.1) is 11.4 Å². The maximum Gasteiger partial charge on any atom is 0.236 e. The first-order chi connectivity index (χ1) is 14.5. The summed E-state index contributed by atoms with van der Waals surface area (Å²) in [6.45, 7) is 4.06. The van der Waals surface area contributed by atoms with Crippen LogP contribution >= 0.6 is 23.1 Å². The number of aryl methyl sites for hydroxylation is 2. The van der Waals surface area contributed by atoms with E-state index >= 15 is 0 Å². The molecule has 0 bridgehead atoms. The van der Waals surface area contributed by atoms with Crippen LogP contribution in [0.2, 0.25) is 0 Å². The van der Waals surface area contributed by atoms with Gasteiger partial charge in [-0.3, -0.25) is 4.79 Å². The van der Waals surface area contributed by atoms with E-state index in [-0.39, 0.29) is 11.7 Å². The van der Waals surface area contributed by atoms with Gasteiger partial charge in [0.1, 0.15) is 0 Å². The van der Waals surface area contributed by atoms with Crippen molar-refractivity contribution < 1.29 is 4.79 Å². The van der Waals surface area contributed by atoms with Crippen LogP contribution in [0.3, 0.4) is 0 Å². The normalized spacial score (nSPS) is 10.9. The largest absolute Gasteiger partial charge is 0.305 e. The van der Waals surface area contributed by atoms with Crippen LogP contribution in [-0.4, -0.2) is 31.4 Å². The van der Waals surface area contributed by atoms with Gasteiger partial charge in [0.15, 0.2) is 16.1 Å². The number of nitrogens with one attached hydrogen (secondary N) is 1. The minimum Gasteiger partial charge on any atom is -0.305 e. The fourth-order valence-electron chi connectivity index (χ4n) is 2.99. The third kappa shape index (κ3) is 4.44. The summed E-state index contributed by atoms with van der Waals surface area (Å²) in [6.07, 6.45) is 0. The zero-order chi connectivity index (χ0) is 21.1. The number of benzene rings is 2. The zero-order valence-corrected chi connectivity index (χ0v) is 18.5. The smallest absolute Gasteiger partial charge is 0.236 e. The van der Waals surface area contributed by atoms with Crippen LogP contribution in [0.1, 0.15) is 10.4 Å². The van der Waals surface area contributed by atoms with Gasteiger partial charge in [-0.05, 0) is 13.8 Å². The second-order valence-corrected chi connectivity index (χ2v) is 9.00. The van der Waals surface area contributed by atoms with Crippen LogP contribution in [0.25, 0.3) is 22.6 Å². The van der Waals surface area contributed by atoms with E-state index in [0.717, 1.165) is 27.5 Å². The van der Waals surface area contributed by atoms with Crippen molar-refractivity contribution in [2.75, 3.05) is 11.1 Å². The molecule has 152 valence electrons. The Bertz CT molecular complexity index is 1170. The first kappa shape index (κ1) is 20.3. The molecular weight excluding hydrogens is 414 g/mol. The first-order valence-electron chi connectivity index (χ1n) is 9.43. The number of thioether (sulfide) groups is 1. The van der Waals surface area contributed by atoms with Crippen LogP contribution in [0.5, 0.6) is 0 Å². The predicted molar refractivity (Wildman–Crippen MR) is 123 cm³/mol. The molecule has 0 aliphatic carbocycles. The number of amides is 1. The Labute approximate surface area is 183 Å². The third-order valence-electron chi connectivity index (χ3n) is 4.57. The van der Waals surface area contributed by atoms with Crippen LogP contribution in [-0.2, 0) is 11.8 Å². The highest BCUT2D eigenvalue weighted by Crippen LogP contribution is 2.30. The molecule has 8 heteroatoms. The van der Waals surface area contributed by atoms with E-state index in [1.54, 1.807) is 0 Å². The van der Waals surface area contributed by atoms with Crippen molar-refractivity contribution in [3.05, 3.63) is 65.0 Å². The van der Waals surface area contributed by atoms with E-state index < -0.39 is 0 Å². The van der Waals surface area contributed by atoms with Crippen molar-refractivity contribution in [3.8, 4) is 22.6 Å². The minimum atomic E-state index is -0.117. The van der Waals surface area contributed by atoms with Gasteiger partial charge >= 0.3 is 0 Å². The summed E-state index contributed by atoms with van der Waals surface area (Å²) in [5.41, 5.74) is 4.14. The van der Waals surface area contributed by atoms with Gasteiger partial charge in [-0.1, -0.05) is 71.9 Å². The summed E-state index contributed by atoms with van der Waals surface area (Å²) in [6, 6.07) is 18.1. The molecule has 2 heterocycles. The molecule has 0 unspecified atom stereocenters. The highest BCUT2D eigenvalue weighted by molar-refractivity contribution is 7.99. The molecule has 6 nitrogen and oxygen atoms in total. The van der Waals surface area contributed by atoms with E-state index in [9.17, 15) is 4.79 Å². The summed E-state index contributed by atoms with van der Waals surface area (Å²) in [7, 11) is 1.91. The summed E-state index contributed by atoms with van der Waals surface area (Å²) in [4.78, 5) is 18.1. The van der Waals surface area contributed by atoms with E-state index in [4.69, 9.17) is 0 Å². The van der Waals surface area contributed by atoms with Crippen molar-refractivity contribution >= 4 is 34.1 Å².